The van der Waals surface area contributed by atoms with Gasteiger partial charge in [-0.1, -0.05) is 13.8 Å². The maximum absolute atomic E-state index is 4.49. The first kappa shape index (κ1) is 13.8. The molecule has 0 amide bonds. The molecule has 0 aliphatic carbocycles. The van der Waals surface area contributed by atoms with Crippen molar-refractivity contribution in [3.63, 3.8) is 0 Å². The molecule has 1 N–H and O–H groups in total. The molecule has 2 rings (SSSR count). The molecule has 2 aromatic heterocycles. The van der Waals surface area contributed by atoms with Crippen molar-refractivity contribution in [1.82, 2.24) is 19.5 Å². The first-order valence-electron chi connectivity index (χ1n) is 6.94. The molecule has 0 aromatic carbocycles. The minimum atomic E-state index is 0.332. The third-order valence-electron chi connectivity index (χ3n) is 3.30. The SMILES string of the molecule is CCN(CC)CC(C)Nc1nc2cc(C)ccn2n1. The predicted molar refractivity (Wildman–Crippen MR) is 78.6 cm³/mol. The molecule has 0 spiro atoms. The van der Waals surface area contributed by atoms with Gasteiger partial charge in [0.15, 0.2) is 5.65 Å². The zero-order chi connectivity index (χ0) is 13.8. The topological polar surface area (TPSA) is 45.5 Å². The van der Waals surface area contributed by atoms with Gasteiger partial charge in [0, 0.05) is 18.8 Å². The molecule has 0 fully saturated rings. The van der Waals surface area contributed by atoms with Crippen LogP contribution in [-0.4, -0.2) is 45.2 Å². The summed E-state index contributed by atoms with van der Waals surface area (Å²) in [6.45, 7) is 11.7. The Morgan fingerprint density at radius 2 is 2.11 bits per heavy atom. The molecule has 19 heavy (non-hydrogen) atoms. The van der Waals surface area contributed by atoms with Gasteiger partial charge in [-0.15, -0.1) is 5.10 Å². The van der Waals surface area contributed by atoms with E-state index in [0.717, 1.165) is 25.3 Å². The molecule has 0 saturated heterocycles. The Hall–Kier alpha value is -1.62. The Kier molecular flexibility index (Phi) is 4.37. The molecular weight excluding hydrogens is 238 g/mol. The Balaban J connectivity index is 2.04. The molecule has 2 aromatic rings. The van der Waals surface area contributed by atoms with Crippen molar-refractivity contribution < 1.29 is 0 Å². The maximum atomic E-state index is 4.49. The summed E-state index contributed by atoms with van der Waals surface area (Å²) in [5.74, 6) is 0.699. The lowest BCUT2D eigenvalue weighted by molar-refractivity contribution is 0.294. The van der Waals surface area contributed by atoms with Crippen LogP contribution in [0.25, 0.3) is 5.65 Å². The van der Waals surface area contributed by atoms with E-state index < -0.39 is 0 Å². The third-order valence-corrected chi connectivity index (χ3v) is 3.30. The number of nitrogens with zero attached hydrogens (tertiary/aromatic N) is 4. The van der Waals surface area contributed by atoms with Crippen LogP contribution in [-0.2, 0) is 0 Å². The highest BCUT2D eigenvalue weighted by atomic mass is 15.3. The van der Waals surface area contributed by atoms with Crippen LogP contribution in [0.5, 0.6) is 0 Å². The van der Waals surface area contributed by atoms with Gasteiger partial charge in [0.1, 0.15) is 0 Å². The van der Waals surface area contributed by atoms with E-state index in [9.17, 15) is 0 Å². The third kappa shape index (κ3) is 3.44. The second kappa shape index (κ2) is 6.02. The van der Waals surface area contributed by atoms with Gasteiger partial charge in [-0.25, -0.2) is 4.52 Å². The first-order chi connectivity index (χ1) is 9.12. The molecule has 104 valence electrons. The van der Waals surface area contributed by atoms with Crippen LogP contribution in [0.3, 0.4) is 0 Å². The van der Waals surface area contributed by atoms with Crippen molar-refractivity contribution in [2.24, 2.45) is 0 Å². The fraction of sp³-hybridized carbons (Fsp3) is 0.571. The smallest absolute Gasteiger partial charge is 0.243 e. The quantitative estimate of drug-likeness (QED) is 0.865. The molecule has 5 heteroatoms. The van der Waals surface area contributed by atoms with Crippen LogP contribution >= 0.6 is 0 Å². The van der Waals surface area contributed by atoms with Crippen LogP contribution in [0.1, 0.15) is 26.3 Å². The fourth-order valence-electron chi connectivity index (χ4n) is 2.18. The van der Waals surface area contributed by atoms with Gasteiger partial charge in [0.05, 0.1) is 0 Å². The van der Waals surface area contributed by atoms with Crippen LogP contribution in [0.4, 0.5) is 5.95 Å². The largest absolute Gasteiger partial charge is 0.349 e. The molecule has 0 radical (unpaired) electrons. The average molecular weight is 261 g/mol. The number of likely N-dealkylation sites (N-methyl/N-ethyl adjacent to an activating group) is 1. The fourth-order valence-corrected chi connectivity index (χ4v) is 2.18. The van der Waals surface area contributed by atoms with Crippen LogP contribution in [0, 0.1) is 6.92 Å². The summed E-state index contributed by atoms with van der Waals surface area (Å²) in [4.78, 5) is 6.88. The van der Waals surface area contributed by atoms with E-state index in [-0.39, 0.29) is 0 Å². The Labute approximate surface area is 114 Å². The predicted octanol–water partition coefficient (Wildman–Crippen LogP) is 2.18. The molecule has 0 aliphatic rings. The average Bonchev–Trinajstić information content (AvgIpc) is 2.77. The summed E-state index contributed by atoms with van der Waals surface area (Å²) in [5.41, 5.74) is 2.08. The first-order valence-corrected chi connectivity index (χ1v) is 6.94. The standard InChI is InChI=1S/C14H23N5/c1-5-18(6-2)10-12(4)15-14-16-13-9-11(3)7-8-19(13)17-14/h7-9,12H,5-6,10H2,1-4H3,(H,15,17). The second-order valence-electron chi connectivity index (χ2n) is 4.97. The molecule has 1 unspecified atom stereocenters. The zero-order valence-corrected chi connectivity index (χ0v) is 12.2. The number of anilines is 1. The normalized spacial score (nSPS) is 13.1. The highest BCUT2D eigenvalue weighted by molar-refractivity contribution is 5.45. The lowest BCUT2D eigenvalue weighted by atomic mass is 10.3. The Morgan fingerprint density at radius 1 is 1.37 bits per heavy atom. The minimum Gasteiger partial charge on any atom is -0.349 e. The summed E-state index contributed by atoms with van der Waals surface area (Å²) >= 11 is 0. The lowest BCUT2D eigenvalue weighted by Gasteiger charge is -2.22. The molecule has 0 aliphatic heterocycles. The van der Waals surface area contributed by atoms with Gasteiger partial charge in [0.2, 0.25) is 5.95 Å². The van der Waals surface area contributed by atoms with Gasteiger partial charge in [0.25, 0.3) is 0 Å². The number of hydrogen-bond donors (Lipinski definition) is 1. The number of pyridine rings is 1. The van der Waals surface area contributed by atoms with E-state index in [4.69, 9.17) is 0 Å². The molecule has 0 saturated carbocycles. The summed E-state index contributed by atoms with van der Waals surface area (Å²) in [6.07, 6.45) is 1.94. The van der Waals surface area contributed by atoms with Gasteiger partial charge in [-0.05, 0) is 44.6 Å². The van der Waals surface area contributed by atoms with E-state index in [1.807, 2.05) is 18.3 Å². The van der Waals surface area contributed by atoms with Gasteiger partial charge < -0.3 is 10.2 Å². The van der Waals surface area contributed by atoms with Gasteiger partial charge in [-0.3, -0.25) is 0 Å². The van der Waals surface area contributed by atoms with E-state index >= 15 is 0 Å². The summed E-state index contributed by atoms with van der Waals surface area (Å²) < 4.78 is 1.81. The van der Waals surface area contributed by atoms with E-state index in [1.165, 1.54) is 5.56 Å². The maximum Gasteiger partial charge on any atom is 0.243 e. The number of rotatable bonds is 6. The Morgan fingerprint density at radius 3 is 2.79 bits per heavy atom. The van der Waals surface area contributed by atoms with Gasteiger partial charge in [-0.2, -0.15) is 4.98 Å². The van der Waals surface area contributed by atoms with Crippen molar-refractivity contribution in [1.29, 1.82) is 0 Å². The number of aromatic nitrogens is 3. The Bertz CT molecular complexity index is 530. The van der Waals surface area contributed by atoms with Crippen molar-refractivity contribution in [3.05, 3.63) is 23.9 Å². The second-order valence-corrected chi connectivity index (χ2v) is 4.97. The van der Waals surface area contributed by atoms with Crippen LogP contribution in [0.2, 0.25) is 0 Å². The van der Waals surface area contributed by atoms with E-state index in [0.29, 0.717) is 12.0 Å². The van der Waals surface area contributed by atoms with Crippen LogP contribution in [0.15, 0.2) is 18.3 Å². The zero-order valence-electron chi connectivity index (χ0n) is 12.2. The lowest BCUT2D eigenvalue weighted by Crippen LogP contribution is -2.35. The number of aryl methyl sites for hydroxylation is 1. The summed E-state index contributed by atoms with van der Waals surface area (Å²) in [5, 5.41) is 7.79. The van der Waals surface area contributed by atoms with E-state index in [1.54, 1.807) is 4.52 Å². The number of hydrogen-bond acceptors (Lipinski definition) is 4. The summed E-state index contributed by atoms with van der Waals surface area (Å²) in [6, 6.07) is 4.40. The van der Waals surface area contributed by atoms with Gasteiger partial charge >= 0.3 is 0 Å². The molecule has 2 heterocycles. The highest BCUT2D eigenvalue weighted by Gasteiger charge is 2.10. The van der Waals surface area contributed by atoms with Crippen molar-refractivity contribution in [2.75, 3.05) is 25.0 Å². The minimum absolute atomic E-state index is 0.332. The molecule has 0 bridgehead atoms. The molecular formula is C14H23N5. The van der Waals surface area contributed by atoms with Crippen molar-refractivity contribution >= 4 is 11.6 Å². The van der Waals surface area contributed by atoms with Crippen molar-refractivity contribution in [2.45, 2.75) is 33.7 Å². The monoisotopic (exact) mass is 261 g/mol. The number of fused-ring (bicyclic) bond motifs is 1. The van der Waals surface area contributed by atoms with Crippen molar-refractivity contribution in [3.8, 4) is 0 Å². The molecule has 5 nitrogen and oxygen atoms in total. The highest BCUT2D eigenvalue weighted by Crippen LogP contribution is 2.08. The van der Waals surface area contributed by atoms with Crippen LogP contribution < -0.4 is 5.32 Å². The number of nitrogens with one attached hydrogen (secondary N) is 1. The summed E-state index contributed by atoms with van der Waals surface area (Å²) in [7, 11) is 0. The van der Waals surface area contributed by atoms with E-state index in [2.05, 4.69) is 48.0 Å². The molecule has 1 atom stereocenters.